The standard InChI is InChI=1S/C16H16N2OS/c1-12-6-2-4-8-14(12)19-11-10-17-16-18-13-7-3-5-9-15(13)20-16/h2-9H,10-11H2,1H3,(H,17,18). The van der Waals surface area contributed by atoms with Gasteiger partial charge in [-0.3, -0.25) is 0 Å². The van der Waals surface area contributed by atoms with Crippen LogP contribution in [0.15, 0.2) is 48.5 Å². The summed E-state index contributed by atoms with van der Waals surface area (Å²) >= 11 is 1.67. The number of para-hydroxylation sites is 2. The molecule has 2 aromatic carbocycles. The Balaban J connectivity index is 1.54. The summed E-state index contributed by atoms with van der Waals surface area (Å²) in [5, 5.41) is 4.25. The SMILES string of the molecule is Cc1ccccc1OCCNc1nc2ccccc2s1. The van der Waals surface area contributed by atoms with Gasteiger partial charge in [-0.25, -0.2) is 4.98 Å². The zero-order chi connectivity index (χ0) is 13.8. The lowest BCUT2D eigenvalue weighted by Gasteiger charge is -2.08. The molecule has 0 saturated heterocycles. The van der Waals surface area contributed by atoms with Crippen LogP contribution in [-0.2, 0) is 0 Å². The van der Waals surface area contributed by atoms with Gasteiger partial charge in [0.15, 0.2) is 5.13 Å². The number of hydrogen-bond donors (Lipinski definition) is 1. The molecular formula is C16H16N2OS. The molecule has 3 nitrogen and oxygen atoms in total. The summed E-state index contributed by atoms with van der Waals surface area (Å²) in [6, 6.07) is 16.2. The molecule has 1 N–H and O–H groups in total. The number of nitrogens with one attached hydrogen (secondary N) is 1. The van der Waals surface area contributed by atoms with Gasteiger partial charge in [-0.2, -0.15) is 0 Å². The Morgan fingerprint density at radius 1 is 1.10 bits per heavy atom. The van der Waals surface area contributed by atoms with Crippen molar-refractivity contribution in [3.63, 3.8) is 0 Å². The number of nitrogens with zero attached hydrogens (tertiary/aromatic N) is 1. The van der Waals surface area contributed by atoms with Crippen molar-refractivity contribution in [2.45, 2.75) is 6.92 Å². The highest BCUT2D eigenvalue weighted by molar-refractivity contribution is 7.22. The van der Waals surface area contributed by atoms with Crippen LogP contribution in [0.3, 0.4) is 0 Å². The molecule has 0 unspecified atom stereocenters. The number of rotatable bonds is 5. The molecule has 0 radical (unpaired) electrons. The smallest absolute Gasteiger partial charge is 0.183 e. The van der Waals surface area contributed by atoms with Crippen LogP contribution in [0.4, 0.5) is 5.13 Å². The van der Waals surface area contributed by atoms with E-state index in [2.05, 4.69) is 29.4 Å². The third kappa shape index (κ3) is 2.91. The lowest BCUT2D eigenvalue weighted by atomic mass is 10.2. The number of fused-ring (bicyclic) bond motifs is 1. The minimum atomic E-state index is 0.626. The first-order valence-corrected chi connectivity index (χ1v) is 7.42. The summed E-state index contributed by atoms with van der Waals surface area (Å²) in [4.78, 5) is 4.53. The van der Waals surface area contributed by atoms with Crippen LogP contribution in [0.5, 0.6) is 5.75 Å². The molecule has 0 aliphatic heterocycles. The quantitative estimate of drug-likeness (QED) is 0.716. The summed E-state index contributed by atoms with van der Waals surface area (Å²) < 4.78 is 6.95. The fraction of sp³-hybridized carbons (Fsp3) is 0.188. The monoisotopic (exact) mass is 284 g/mol. The third-order valence-electron chi connectivity index (χ3n) is 3.02. The fourth-order valence-corrected chi connectivity index (χ4v) is 2.88. The van der Waals surface area contributed by atoms with Gasteiger partial charge in [-0.05, 0) is 30.7 Å². The second-order valence-electron chi connectivity index (χ2n) is 4.53. The summed E-state index contributed by atoms with van der Waals surface area (Å²) in [5.41, 5.74) is 2.20. The molecule has 0 aliphatic rings. The average molecular weight is 284 g/mol. The van der Waals surface area contributed by atoms with Gasteiger partial charge in [-0.15, -0.1) is 0 Å². The first-order valence-electron chi connectivity index (χ1n) is 6.61. The predicted octanol–water partition coefficient (Wildman–Crippen LogP) is 4.10. The number of ether oxygens (including phenoxy) is 1. The van der Waals surface area contributed by atoms with Crippen molar-refractivity contribution < 1.29 is 4.74 Å². The minimum Gasteiger partial charge on any atom is -0.491 e. The Kier molecular flexibility index (Phi) is 3.83. The predicted molar refractivity (Wildman–Crippen MR) is 84.8 cm³/mol. The summed E-state index contributed by atoms with van der Waals surface area (Å²) in [7, 11) is 0. The van der Waals surface area contributed by atoms with E-state index in [4.69, 9.17) is 4.74 Å². The molecule has 0 aliphatic carbocycles. The maximum atomic E-state index is 5.75. The van der Waals surface area contributed by atoms with E-state index in [9.17, 15) is 0 Å². The molecule has 4 heteroatoms. The highest BCUT2D eigenvalue weighted by Crippen LogP contribution is 2.25. The number of benzene rings is 2. The van der Waals surface area contributed by atoms with Crippen molar-refractivity contribution >= 4 is 26.7 Å². The second-order valence-corrected chi connectivity index (χ2v) is 5.56. The maximum absolute atomic E-state index is 5.75. The highest BCUT2D eigenvalue weighted by Gasteiger charge is 2.02. The van der Waals surface area contributed by atoms with Crippen LogP contribution in [-0.4, -0.2) is 18.1 Å². The number of aromatic nitrogens is 1. The van der Waals surface area contributed by atoms with Gasteiger partial charge < -0.3 is 10.1 Å². The largest absolute Gasteiger partial charge is 0.491 e. The van der Waals surface area contributed by atoms with Crippen molar-refractivity contribution in [1.82, 2.24) is 4.98 Å². The summed E-state index contributed by atoms with van der Waals surface area (Å²) in [5.74, 6) is 0.943. The maximum Gasteiger partial charge on any atom is 0.183 e. The van der Waals surface area contributed by atoms with E-state index in [1.807, 2.05) is 36.4 Å². The molecule has 0 spiro atoms. The van der Waals surface area contributed by atoms with Crippen LogP contribution in [0.25, 0.3) is 10.2 Å². The van der Waals surface area contributed by atoms with E-state index in [0.29, 0.717) is 6.61 Å². The number of hydrogen-bond acceptors (Lipinski definition) is 4. The molecule has 0 saturated carbocycles. The molecule has 0 atom stereocenters. The molecule has 102 valence electrons. The third-order valence-corrected chi connectivity index (χ3v) is 4.02. The van der Waals surface area contributed by atoms with Crippen molar-refractivity contribution in [1.29, 1.82) is 0 Å². The zero-order valence-electron chi connectivity index (χ0n) is 11.3. The van der Waals surface area contributed by atoms with Gasteiger partial charge in [0.2, 0.25) is 0 Å². The van der Waals surface area contributed by atoms with Crippen LogP contribution in [0, 0.1) is 6.92 Å². The molecule has 0 bridgehead atoms. The van der Waals surface area contributed by atoms with Crippen molar-refractivity contribution in [3.05, 3.63) is 54.1 Å². The summed E-state index contributed by atoms with van der Waals surface area (Å²) in [6.07, 6.45) is 0. The van der Waals surface area contributed by atoms with Gasteiger partial charge in [0.25, 0.3) is 0 Å². The van der Waals surface area contributed by atoms with Crippen LogP contribution < -0.4 is 10.1 Å². The molecule has 0 amide bonds. The lowest BCUT2D eigenvalue weighted by molar-refractivity contribution is 0.330. The Morgan fingerprint density at radius 2 is 1.90 bits per heavy atom. The Hall–Kier alpha value is -2.07. The zero-order valence-corrected chi connectivity index (χ0v) is 12.1. The van der Waals surface area contributed by atoms with E-state index in [1.165, 1.54) is 4.70 Å². The van der Waals surface area contributed by atoms with Crippen LogP contribution >= 0.6 is 11.3 Å². The van der Waals surface area contributed by atoms with Gasteiger partial charge in [0, 0.05) is 0 Å². The van der Waals surface area contributed by atoms with E-state index in [1.54, 1.807) is 11.3 Å². The van der Waals surface area contributed by atoms with Gasteiger partial charge in [-0.1, -0.05) is 41.7 Å². The Morgan fingerprint density at radius 3 is 2.75 bits per heavy atom. The van der Waals surface area contributed by atoms with Gasteiger partial charge >= 0.3 is 0 Å². The first kappa shape index (κ1) is 12.9. The van der Waals surface area contributed by atoms with Crippen molar-refractivity contribution in [2.75, 3.05) is 18.5 Å². The minimum absolute atomic E-state index is 0.626. The normalized spacial score (nSPS) is 10.7. The molecule has 1 aromatic heterocycles. The van der Waals surface area contributed by atoms with Gasteiger partial charge in [0.05, 0.1) is 16.8 Å². The van der Waals surface area contributed by atoms with Gasteiger partial charge in [0.1, 0.15) is 12.4 Å². The van der Waals surface area contributed by atoms with E-state index >= 15 is 0 Å². The molecule has 20 heavy (non-hydrogen) atoms. The second kappa shape index (κ2) is 5.92. The van der Waals surface area contributed by atoms with E-state index in [0.717, 1.165) is 28.5 Å². The first-order chi connectivity index (χ1) is 9.83. The highest BCUT2D eigenvalue weighted by atomic mass is 32.1. The Bertz CT molecular complexity index is 675. The fourth-order valence-electron chi connectivity index (χ4n) is 1.99. The number of aryl methyl sites for hydroxylation is 1. The topological polar surface area (TPSA) is 34.1 Å². The lowest BCUT2D eigenvalue weighted by Crippen LogP contribution is -2.11. The van der Waals surface area contributed by atoms with E-state index in [-0.39, 0.29) is 0 Å². The van der Waals surface area contributed by atoms with E-state index < -0.39 is 0 Å². The Labute approximate surface area is 122 Å². The van der Waals surface area contributed by atoms with Crippen LogP contribution in [0.2, 0.25) is 0 Å². The number of thiazole rings is 1. The molecule has 3 aromatic rings. The van der Waals surface area contributed by atoms with Crippen molar-refractivity contribution in [3.8, 4) is 5.75 Å². The average Bonchev–Trinajstić information content (AvgIpc) is 2.88. The molecule has 0 fully saturated rings. The molecule has 3 rings (SSSR count). The van der Waals surface area contributed by atoms with Crippen molar-refractivity contribution in [2.24, 2.45) is 0 Å². The molecule has 1 heterocycles. The van der Waals surface area contributed by atoms with Crippen LogP contribution in [0.1, 0.15) is 5.56 Å². The summed E-state index contributed by atoms with van der Waals surface area (Å²) in [6.45, 7) is 3.42. The number of anilines is 1. The molecular weight excluding hydrogens is 268 g/mol.